The van der Waals surface area contributed by atoms with E-state index >= 15 is 0 Å². The number of rotatable bonds is 5. The van der Waals surface area contributed by atoms with E-state index in [-0.39, 0.29) is 0 Å². The van der Waals surface area contributed by atoms with Gasteiger partial charge in [0.25, 0.3) is 0 Å². The minimum atomic E-state index is 0.536. The lowest BCUT2D eigenvalue weighted by molar-refractivity contribution is 0.220. The summed E-state index contributed by atoms with van der Waals surface area (Å²) in [5.74, 6) is 0. The van der Waals surface area contributed by atoms with Gasteiger partial charge in [-0.1, -0.05) is 30.3 Å². The molecule has 0 saturated carbocycles. The molecule has 0 aliphatic carbocycles. The Morgan fingerprint density at radius 2 is 2.12 bits per heavy atom. The molecule has 1 atom stereocenters. The number of aromatic nitrogens is 4. The minimum Gasteiger partial charge on any atom is -0.293 e. The average molecular weight is 339 g/mol. The van der Waals surface area contributed by atoms with Crippen LogP contribution in [-0.2, 0) is 13.1 Å². The molecular formula is C18H21N5S. The second-order valence-electron chi connectivity index (χ2n) is 6.28. The first-order chi connectivity index (χ1) is 11.8. The molecule has 3 heterocycles. The van der Waals surface area contributed by atoms with Crippen molar-refractivity contribution in [1.29, 1.82) is 0 Å². The summed E-state index contributed by atoms with van der Waals surface area (Å²) in [7, 11) is 0. The lowest BCUT2D eigenvalue weighted by Crippen LogP contribution is -2.32. The van der Waals surface area contributed by atoms with Crippen LogP contribution in [0.1, 0.15) is 23.4 Å². The Morgan fingerprint density at radius 3 is 2.92 bits per heavy atom. The van der Waals surface area contributed by atoms with Gasteiger partial charge in [-0.3, -0.25) is 9.58 Å². The zero-order chi connectivity index (χ0) is 16.4. The van der Waals surface area contributed by atoms with Crippen molar-refractivity contribution < 1.29 is 0 Å². The maximum absolute atomic E-state index is 4.79. The Labute approximate surface area is 146 Å². The minimum absolute atomic E-state index is 0.536. The highest BCUT2D eigenvalue weighted by atomic mass is 32.1. The fraction of sp³-hybridized carbons (Fsp3) is 0.389. The van der Waals surface area contributed by atoms with Gasteiger partial charge in [-0.05, 0) is 26.3 Å². The third kappa shape index (κ3) is 3.25. The Bertz CT molecular complexity index is 781. The molecule has 6 heteroatoms. The summed E-state index contributed by atoms with van der Waals surface area (Å²) in [6.07, 6.45) is 5.90. The Kier molecular flexibility index (Phi) is 4.40. The Morgan fingerprint density at radius 1 is 1.25 bits per heavy atom. The van der Waals surface area contributed by atoms with Gasteiger partial charge in [0.1, 0.15) is 17.7 Å². The van der Waals surface area contributed by atoms with Gasteiger partial charge < -0.3 is 0 Å². The van der Waals surface area contributed by atoms with Crippen LogP contribution >= 0.6 is 11.3 Å². The van der Waals surface area contributed by atoms with Crippen LogP contribution in [0.2, 0.25) is 0 Å². The highest BCUT2D eigenvalue weighted by Crippen LogP contribution is 2.30. The molecule has 1 aromatic carbocycles. The van der Waals surface area contributed by atoms with Gasteiger partial charge >= 0.3 is 0 Å². The van der Waals surface area contributed by atoms with E-state index < -0.39 is 0 Å². The van der Waals surface area contributed by atoms with Gasteiger partial charge in [0, 0.05) is 23.0 Å². The highest BCUT2D eigenvalue weighted by molar-refractivity contribution is 7.15. The zero-order valence-electron chi connectivity index (χ0n) is 13.8. The van der Waals surface area contributed by atoms with E-state index in [1.54, 1.807) is 6.33 Å². The van der Waals surface area contributed by atoms with E-state index in [2.05, 4.69) is 46.2 Å². The first kappa shape index (κ1) is 15.5. The molecule has 3 aromatic rings. The molecule has 1 fully saturated rings. The van der Waals surface area contributed by atoms with Crippen molar-refractivity contribution in [3.8, 4) is 10.6 Å². The molecule has 0 radical (unpaired) electrons. The molecule has 4 rings (SSSR count). The number of aryl methyl sites for hydroxylation is 1. The van der Waals surface area contributed by atoms with Crippen LogP contribution in [0.15, 0.2) is 43.0 Å². The van der Waals surface area contributed by atoms with E-state index in [1.165, 1.54) is 23.3 Å². The molecule has 2 aromatic heterocycles. The van der Waals surface area contributed by atoms with Crippen molar-refractivity contribution in [2.24, 2.45) is 0 Å². The molecule has 24 heavy (non-hydrogen) atoms. The molecule has 124 valence electrons. The zero-order valence-corrected chi connectivity index (χ0v) is 14.6. The quantitative estimate of drug-likeness (QED) is 0.715. The Balaban J connectivity index is 1.49. The summed E-state index contributed by atoms with van der Waals surface area (Å²) < 4.78 is 1.94. The van der Waals surface area contributed by atoms with Crippen molar-refractivity contribution in [2.45, 2.75) is 38.9 Å². The number of nitrogens with zero attached hydrogens (tertiary/aromatic N) is 5. The molecule has 1 aliphatic heterocycles. The van der Waals surface area contributed by atoms with Crippen molar-refractivity contribution in [3.05, 3.63) is 53.6 Å². The molecule has 1 saturated heterocycles. The van der Waals surface area contributed by atoms with Crippen LogP contribution in [0.4, 0.5) is 0 Å². The van der Waals surface area contributed by atoms with Crippen molar-refractivity contribution in [2.75, 3.05) is 6.54 Å². The molecule has 0 spiro atoms. The number of benzene rings is 1. The van der Waals surface area contributed by atoms with Gasteiger partial charge in [-0.2, -0.15) is 5.10 Å². The van der Waals surface area contributed by atoms with Crippen LogP contribution in [0.5, 0.6) is 0 Å². The van der Waals surface area contributed by atoms with Gasteiger partial charge in [0.2, 0.25) is 0 Å². The molecule has 0 bridgehead atoms. The Hall–Kier alpha value is -2.05. The molecule has 0 unspecified atom stereocenters. The summed E-state index contributed by atoms with van der Waals surface area (Å²) >= 11 is 1.82. The van der Waals surface area contributed by atoms with E-state index in [0.717, 1.165) is 30.3 Å². The molecular weight excluding hydrogens is 318 g/mol. The fourth-order valence-electron chi connectivity index (χ4n) is 3.32. The normalized spacial score (nSPS) is 18.3. The van der Waals surface area contributed by atoms with Gasteiger partial charge in [0.05, 0.1) is 12.2 Å². The van der Waals surface area contributed by atoms with Crippen LogP contribution in [0.3, 0.4) is 0 Å². The van der Waals surface area contributed by atoms with Gasteiger partial charge in [-0.25, -0.2) is 9.97 Å². The van der Waals surface area contributed by atoms with Crippen molar-refractivity contribution >= 4 is 11.3 Å². The number of thiazole rings is 1. The van der Waals surface area contributed by atoms with E-state index in [0.29, 0.717) is 6.04 Å². The maximum Gasteiger partial charge on any atom is 0.137 e. The lowest BCUT2D eigenvalue weighted by atomic mass is 10.2. The second kappa shape index (κ2) is 6.83. The largest absolute Gasteiger partial charge is 0.293 e. The van der Waals surface area contributed by atoms with E-state index in [1.807, 2.05) is 28.4 Å². The van der Waals surface area contributed by atoms with Crippen LogP contribution in [0, 0.1) is 6.92 Å². The number of likely N-dealkylation sites (tertiary alicyclic amines) is 1. The summed E-state index contributed by atoms with van der Waals surface area (Å²) in [5.41, 5.74) is 2.36. The SMILES string of the molecule is Cc1nc(-c2ccccc2)sc1CN1CCC[C@H]1Cn1cncn1. The average Bonchev–Trinajstić information content (AvgIpc) is 3.33. The maximum atomic E-state index is 4.79. The smallest absolute Gasteiger partial charge is 0.137 e. The molecule has 0 N–H and O–H groups in total. The number of hydrogen-bond acceptors (Lipinski definition) is 5. The van der Waals surface area contributed by atoms with Gasteiger partial charge in [0.15, 0.2) is 0 Å². The predicted molar refractivity (Wildman–Crippen MR) is 95.7 cm³/mol. The monoisotopic (exact) mass is 339 g/mol. The van der Waals surface area contributed by atoms with Crippen LogP contribution in [0.25, 0.3) is 10.6 Å². The fourth-order valence-corrected chi connectivity index (χ4v) is 4.41. The van der Waals surface area contributed by atoms with Crippen molar-refractivity contribution in [3.63, 3.8) is 0 Å². The second-order valence-corrected chi connectivity index (χ2v) is 7.36. The first-order valence-electron chi connectivity index (χ1n) is 8.38. The highest BCUT2D eigenvalue weighted by Gasteiger charge is 2.26. The summed E-state index contributed by atoms with van der Waals surface area (Å²) in [6.45, 7) is 5.18. The van der Waals surface area contributed by atoms with E-state index in [9.17, 15) is 0 Å². The third-order valence-corrected chi connectivity index (χ3v) is 5.81. The third-order valence-electron chi connectivity index (χ3n) is 4.62. The van der Waals surface area contributed by atoms with Crippen molar-refractivity contribution in [1.82, 2.24) is 24.6 Å². The molecule has 0 amide bonds. The number of hydrogen-bond donors (Lipinski definition) is 0. The summed E-state index contributed by atoms with van der Waals surface area (Å²) in [4.78, 5) is 12.8. The van der Waals surface area contributed by atoms with Crippen LogP contribution in [-0.4, -0.2) is 37.2 Å². The molecule has 1 aliphatic rings. The standard InChI is InChI=1S/C18H21N5S/c1-14-17(24-18(21-14)15-6-3-2-4-7-15)11-22-9-5-8-16(22)10-23-13-19-12-20-23/h2-4,6-7,12-13,16H,5,8-11H2,1H3/t16-/m0/s1. The van der Waals surface area contributed by atoms with Crippen LogP contribution < -0.4 is 0 Å². The first-order valence-corrected chi connectivity index (χ1v) is 9.19. The predicted octanol–water partition coefficient (Wildman–Crippen LogP) is 3.37. The summed E-state index contributed by atoms with van der Waals surface area (Å²) in [6, 6.07) is 11.0. The van der Waals surface area contributed by atoms with Gasteiger partial charge in [-0.15, -0.1) is 11.3 Å². The molecule has 5 nitrogen and oxygen atoms in total. The lowest BCUT2D eigenvalue weighted by Gasteiger charge is -2.23. The topological polar surface area (TPSA) is 46.8 Å². The van der Waals surface area contributed by atoms with E-state index in [4.69, 9.17) is 4.98 Å². The summed E-state index contributed by atoms with van der Waals surface area (Å²) in [5, 5.41) is 5.37.